The molecule has 7 nitrogen and oxygen atoms in total. The molecule has 0 spiro atoms. The first-order chi connectivity index (χ1) is 9.35. The van der Waals surface area contributed by atoms with Crippen LogP contribution in [0.3, 0.4) is 0 Å². The number of nitrogens with zero attached hydrogens (tertiary/aromatic N) is 5. The van der Waals surface area contributed by atoms with Crippen LogP contribution in [0.5, 0.6) is 0 Å². The molecule has 0 amide bonds. The lowest BCUT2D eigenvalue weighted by Gasteiger charge is -2.46. The summed E-state index contributed by atoms with van der Waals surface area (Å²) in [7, 11) is 2.31. The highest BCUT2D eigenvalue weighted by atomic mass is 32.2. The minimum Gasteiger partial charge on any atom is -0.304 e. The van der Waals surface area contributed by atoms with Crippen LogP contribution in [0.4, 0.5) is 0 Å². The van der Waals surface area contributed by atoms with Gasteiger partial charge >= 0.3 is 0 Å². The van der Waals surface area contributed by atoms with Crippen LogP contribution < -0.4 is 0 Å². The fourth-order valence-electron chi connectivity index (χ4n) is 2.43. The molecule has 0 aromatic heterocycles. The zero-order chi connectivity index (χ0) is 14.9. The normalized spacial score (nSPS) is 28.2. The Hall–Kier alpha value is -1.14. The third-order valence-electron chi connectivity index (χ3n) is 3.77. The molecule has 0 radical (unpaired) electrons. The lowest BCUT2D eigenvalue weighted by molar-refractivity contribution is -0.0764. The van der Waals surface area contributed by atoms with E-state index in [1.807, 2.05) is 30.1 Å². The molecule has 0 N–H and O–H groups in total. The van der Waals surface area contributed by atoms with Crippen molar-refractivity contribution in [2.75, 3.05) is 53.1 Å². The summed E-state index contributed by atoms with van der Waals surface area (Å²) in [6, 6.07) is 1.81. The summed E-state index contributed by atoms with van der Waals surface area (Å²) in [6.45, 7) is 3.52. The van der Waals surface area contributed by atoms with Crippen molar-refractivity contribution in [3.05, 3.63) is 11.1 Å². The largest absolute Gasteiger partial charge is 0.304 e. The third kappa shape index (κ3) is 2.96. The van der Waals surface area contributed by atoms with Gasteiger partial charge in [-0.1, -0.05) is 0 Å². The van der Waals surface area contributed by atoms with Gasteiger partial charge in [0.25, 0.3) is 0 Å². The van der Waals surface area contributed by atoms with Crippen LogP contribution in [0, 0.1) is 11.3 Å². The lowest BCUT2D eigenvalue weighted by Crippen LogP contribution is -2.60. The van der Waals surface area contributed by atoms with Crippen LogP contribution in [0.15, 0.2) is 11.1 Å². The molecule has 1 fully saturated rings. The van der Waals surface area contributed by atoms with Crippen LogP contribution >= 0.6 is 0 Å². The van der Waals surface area contributed by atoms with E-state index in [4.69, 9.17) is 5.26 Å². The van der Waals surface area contributed by atoms with E-state index < -0.39 is 9.84 Å². The topological polar surface area (TPSA) is 70.9 Å². The summed E-state index contributed by atoms with van der Waals surface area (Å²) < 4.78 is 24.1. The number of piperazine rings is 1. The smallest absolute Gasteiger partial charge is 0.193 e. The standard InChI is InChI=1S/C12H21N5O2S/c1-14(2)12-10-20(18,19)11(8-13)9-17(12)16-6-4-15(3)5-7-16/h9,12H,4-7,10H2,1-3H3/t12-/m1/s1. The van der Waals surface area contributed by atoms with Crippen molar-refractivity contribution >= 4 is 9.84 Å². The van der Waals surface area contributed by atoms with Gasteiger partial charge in [-0.15, -0.1) is 0 Å². The second-order valence-electron chi connectivity index (χ2n) is 5.47. The maximum atomic E-state index is 12.0. The van der Waals surface area contributed by atoms with E-state index in [2.05, 4.69) is 17.0 Å². The van der Waals surface area contributed by atoms with E-state index >= 15 is 0 Å². The first-order valence-corrected chi connectivity index (χ1v) is 8.23. The predicted molar refractivity (Wildman–Crippen MR) is 75.9 cm³/mol. The fourth-order valence-corrected chi connectivity index (χ4v) is 3.86. The van der Waals surface area contributed by atoms with Crippen molar-refractivity contribution in [2.24, 2.45) is 0 Å². The van der Waals surface area contributed by atoms with Crippen molar-refractivity contribution in [3.63, 3.8) is 0 Å². The highest BCUT2D eigenvalue weighted by Crippen LogP contribution is 2.23. The average molecular weight is 299 g/mol. The first kappa shape index (κ1) is 15.3. The molecule has 1 atom stereocenters. The van der Waals surface area contributed by atoms with Crippen LogP contribution in [-0.2, 0) is 9.84 Å². The number of hydrazine groups is 1. The quantitative estimate of drug-likeness (QED) is 0.656. The molecule has 20 heavy (non-hydrogen) atoms. The van der Waals surface area contributed by atoms with Gasteiger partial charge < -0.3 is 4.90 Å². The van der Waals surface area contributed by atoms with Crippen LogP contribution in [0.25, 0.3) is 0 Å². The molecule has 2 aliphatic heterocycles. The lowest BCUT2D eigenvalue weighted by atomic mass is 10.3. The maximum absolute atomic E-state index is 12.0. The summed E-state index contributed by atoms with van der Waals surface area (Å²) >= 11 is 0. The van der Waals surface area contributed by atoms with Crippen molar-refractivity contribution in [1.82, 2.24) is 19.8 Å². The predicted octanol–water partition coefficient (Wildman–Crippen LogP) is -0.868. The number of rotatable bonds is 2. The average Bonchev–Trinajstić information content (AvgIpc) is 2.38. The number of hydrogen-bond acceptors (Lipinski definition) is 7. The second-order valence-corrected chi connectivity index (χ2v) is 7.47. The minimum atomic E-state index is -3.47. The number of likely N-dealkylation sites (N-methyl/N-ethyl adjacent to an activating group) is 1. The van der Waals surface area contributed by atoms with Gasteiger partial charge in [-0.05, 0) is 21.1 Å². The van der Waals surface area contributed by atoms with E-state index in [1.54, 1.807) is 0 Å². The summed E-state index contributed by atoms with van der Waals surface area (Å²) in [5, 5.41) is 13.1. The van der Waals surface area contributed by atoms with Gasteiger partial charge in [-0.3, -0.25) is 9.91 Å². The molecule has 2 aliphatic rings. The molecule has 0 unspecified atom stereocenters. The Morgan fingerprint density at radius 2 is 1.90 bits per heavy atom. The van der Waals surface area contributed by atoms with E-state index in [1.165, 1.54) is 6.20 Å². The highest BCUT2D eigenvalue weighted by molar-refractivity contribution is 7.95. The number of allylic oxidation sites excluding steroid dienone is 1. The van der Waals surface area contributed by atoms with Gasteiger partial charge in [0.1, 0.15) is 12.2 Å². The van der Waals surface area contributed by atoms with Crippen molar-refractivity contribution in [1.29, 1.82) is 5.26 Å². The molecule has 112 valence electrons. The fraction of sp³-hybridized carbons (Fsp3) is 0.750. The van der Waals surface area contributed by atoms with Gasteiger partial charge in [-0.25, -0.2) is 13.4 Å². The van der Waals surface area contributed by atoms with Gasteiger partial charge in [0.2, 0.25) is 0 Å². The van der Waals surface area contributed by atoms with E-state index in [9.17, 15) is 8.42 Å². The Kier molecular flexibility index (Phi) is 4.34. The summed E-state index contributed by atoms with van der Waals surface area (Å²) in [6.07, 6.45) is 1.22. The molecule has 0 bridgehead atoms. The Bertz CT molecular complexity index is 529. The SMILES string of the molecule is CN1CCN(N2C=C(C#N)S(=O)(=O)C[C@@H]2N(C)C)CC1. The van der Waals surface area contributed by atoms with Gasteiger partial charge in [0.05, 0.1) is 5.75 Å². The molecular weight excluding hydrogens is 278 g/mol. The molecule has 8 heteroatoms. The summed E-state index contributed by atoms with van der Waals surface area (Å²) in [5.41, 5.74) is 0. The Morgan fingerprint density at radius 3 is 2.40 bits per heavy atom. The molecule has 2 heterocycles. The number of sulfone groups is 1. The molecule has 2 rings (SSSR count). The Morgan fingerprint density at radius 1 is 1.30 bits per heavy atom. The monoisotopic (exact) mass is 299 g/mol. The van der Waals surface area contributed by atoms with Gasteiger partial charge in [-0.2, -0.15) is 5.26 Å². The summed E-state index contributed by atoms with van der Waals surface area (Å²) in [4.78, 5) is 3.96. The van der Waals surface area contributed by atoms with Crippen molar-refractivity contribution in [3.8, 4) is 6.07 Å². The first-order valence-electron chi connectivity index (χ1n) is 6.58. The van der Waals surface area contributed by atoms with Crippen LogP contribution in [0.2, 0.25) is 0 Å². The maximum Gasteiger partial charge on any atom is 0.193 e. The number of hydrogen-bond donors (Lipinski definition) is 0. The molecule has 0 aromatic rings. The van der Waals surface area contributed by atoms with E-state index in [0.717, 1.165) is 26.2 Å². The molecule has 1 saturated heterocycles. The molecule has 0 aromatic carbocycles. The van der Waals surface area contributed by atoms with E-state index in [-0.39, 0.29) is 16.8 Å². The Labute approximate surface area is 120 Å². The highest BCUT2D eigenvalue weighted by Gasteiger charge is 2.37. The van der Waals surface area contributed by atoms with Crippen LogP contribution in [0.1, 0.15) is 0 Å². The van der Waals surface area contributed by atoms with E-state index in [0.29, 0.717) is 0 Å². The second kappa shape index (κ2) is 5.69. The molecule has 0 saturated carbocycles. The summed E-state index contributed by atoms with van der Waals surface area (Å²) in [5.74, 6) is -0.0499. The zero-order valence-electron chi connectivity index (χ0n) is 12.2. The van der Waals surface area contributed by atoms with Crippen molar-refractivity contribution in [2.45, 2.75) is 6.17 Å². The molecular formula is C12H21N5O2S. The number of nitriles is 1. The van der Waals surface area contributed by atoms with Gasteiger partial charge in [0, 0.05) is 32.4 Å². The van der Waals surface area contributed by atoms with Gasteiger partial charge in [0.15, 0.2) is 14.7 Å². The Balaban J connectivity index is 2.30. The molecule has 0 aliphatic carbocycles. The minimum absolute atomic E-state index is 0.0499. The third-order valence-corrected chi connectivity index (χ3v) is 5.37. The van der Waals surface area contributed by atoms with Crippen LogP contribution in [-0.4, -0.2) is 87.5 Å². The zero-order valence-corrected chi connectivity index (χ0v) is 13.0. The van der Waals surface area contributed by atoms with Crippen molar-refractivity contribution < 1.29 is 8.42 Å².